The molecule has 0 unspecified atom stereocenters. The lowest BCUT2D eigenvalue weighted by molar-refractivity contribution is 0.296. The van der Waals surface area contributed by atoms with Crippen molar-refractivity contribution in [3.63, 3.8) is 0 Å². The van der Waals surface area contributed by atoms with E-state index >= 15 is 0 Å². The molecule has 3 heterocycles. The van der Waals surface area contributed by atoms with Gasteiger partial charge in [-0.3, -0.25) is 0 Å². The molecule has 0 aliphatic heterocycles. The van der Waals surface area contributed by atoms with Crippen LogP contribution in [0, 0.1) is 0 Å². The second-order valence-electron chi connectivity index (χ2n) is 40.8. The molecule has 0 saturated carbocycles. The average Bonchev–Trinajstić information content (AvgIpc) is 1.71. The summed E-state index contributed by atoms with van der Waals surface area (Å²) >= 11 is 0. The predicted octanol–water partition coefficient (Wildman–Crippen LogP) is 28.6. The summed E-state index contributed by atoms with van der Waals surface area (Å²) in [6.45, 7) is 81.1. The fraction of sp³-hybridized carbons (Fsp3) is 0.545. The van der Waals surface area contributed by atoms with Gasteiger partial charge in [0.1, 0.15) is 39.8 Å². The summed E-state index contributed by atoms with van der Waals surface area (Å²) in [6.07, 6.45) is 4.91. The summed E-state index contributed by atoms with van der Waals surface area (Å²) in [7, 11) is -6.90. The Kier molecular flexibility index (Phi) is 20.6. The van der Waals surface area contributed by atoms with E-state index in [1.54, 1.807) is 18.7 Å². The van der Waals surface area contributed by atoms with Crippen molar-refractivity contribution in [1.29, 1.82) is 0 Å². The minimum atomic E-state index is -2.39. The summed E-state index contributed by atoms with van der Waals surface area (Å²) in [5, 5.41) is 9.14. The van der Waals surface area contributed by atoms with Crippen molar-refractivity contribution in [3.05, 3.63) is 164 Å². The smallest absolute Gasteiger partial charge is 0.397 e. The van der Waals surface area contributed by atoms with Crippen LogP contribution < -0.4 is 18.9 Å². The Morgan fingerprint density at radius 2 is 0.436 bits per heavy atom. The van der Waals surface area contributed by atoms with Gasteiger partial charge in [-0.15, -0.1) is 0 Å². The third-order valence-corrected chi connectivity index (χ3v) is 22.2. The molecule has 0 saturated heterocycles. The van der Waals surface area contributed by atoms with E-state index in [0.29, 0.717) is 22.3 Å². The van der Waals surface area contributed by atoms with E-state index in [2.05, 4.69) is 327 Å². The quantitative estimate of drug-likeness (QED) is 0.147. The van der Waals surface area contributed by atoms with Gasteiger partial charge in [0.15, 0.2) is 0 Å². The maximum absolute atomic E-state index is 7.45. The predicted molar refractivity (Wildman–Crippen MR) is 433 cm³/mol. The van der Waals surface area contributed by atoms with Crippen molar-refractivity contribution in [2.24, 2.45) is 0 Å². The van der Waals surface area contributed by atoms with E-state index in [1.165, 1.54) is 33.4 Å². The highest BCUT2D eigenvalue weighted by Crippen LogP contribution is 2.51. The van der Waals surface area contributed by atoms with Crippen LogP contribution >= 0.6 is 24.7 Å². The molecular formula is C88H124NO9P3. The maximum Gasteiger partial charge on any atom is 0.455 e. The van der Waals surface area contributed by atoms with E-state index in [0.717, 1.165) is 76.9 Å². The molecule has 0 radical (unpaired) electrons. The Morgan fingerprint density at radius 1 is 0.257 bits per heavy atom. The van der Waals surface area contributed by atoms with Gasteiger partial charge in [0.25, 0.3) is 0 Å². The monoisotopic (exact) mass is 1430 g/mol. The van der Waals surface area contributed by atoms with Gasteiger partial charge < -0.3 is 44.1 Å². The van der Waals surface area contributed by atoms with Gasteiger partial charge in [0, 0.05) is 71.9 Å². The SMILES string of the molecule is CC(C)(C)c1cc(C(C)(C)C)c2op(OC=CNC=C(Op3oc4c(C(C)(C)C)cc(C(C)(C)C)cc4c4cc(C(C)(C)C)cc(C(C)(C)C)c4o3)Op3oc4c(C(C)(C)C)cc(C(C)(C)C)cc4c4cc(C(C)(C)C)cc(C(C)(C)C)c4o3)oc3c(C(C)(C)C)cc(C(C)(C)C)cc3c2c1. The van der Waals surface area contributed by atoms with Gasteiger partial charge in [-0.2, -0.15) is 0 Å². The summed E-state index contributed by atoms with van der Waals surface area (Å²) in [4.78, 5) is 0. The van der Waals surface area contributed by atoms with Crippen LogP contribution in [0.3, 0.4) is 0 Å². The molecule has 0 atom stereocenters. The van der Waals surface area contributed by atoms with Crippen LogP contribution in [0.4, 0.5) is 0 Å². The van der Waals surface area contributed by atoms with Crippen molar-refractivity contribution in [1.82, 2.24) is 5.32 Å². The van der Waals surface area contributed by atoms with Crippen molar-refractivity contribution in [3.8, 4) is 0 Å². The summed E-state index contributed by atoms with van der Waals surface area (Å²) < 4.78 is 65.6. The first-order valence-corrected chi connectivity index (χ1v) is 39.7. The van der Waals surface area contributed by atoms with Gasteiger partial charge in [-0.05, 0) is 135 Å². The van der Waals surface area contributed by atoms with Crippen molar-refractivity contribution in [2.45, 2.75) is 314 Å². The lowest BCUT2D eigenvalue weighted by atomic mass is 9.77. The first kappa shape index (κ1) is 78.8. The van der Waals surface area contributed by atoms with Crippen molar-refractivity contribution in [2.75, 3.05) is 0 Å². The molecular weight excluding hydrogens is 1310 g/mol. The Labute approximate surface area is 609 Å². The van der Waals surface area contributed by atoms with Crippen LogP contribution in [-0.4, -0.2) is 0 Å². The van der Waals surface area contributed by atoms with Crippen LogP contribution in [0.15, 0.2) is 123 Å². The normalized spacial score (nSPS) is 13.9. The molecule has 1 N–H and O–H groups in total. The number of benzene rings is 6. The van der Waals surface area contributed by atoms with Crippen molar-refractivity contribution >= 4 is 90.5 Å². The van der Waals surface area contributed by atoms with Gasteiger partial charge >= 0.3 is 30.7 Å². The van der Waals surface area contributed by atoms with Gasteiger partial charge in [0.2, 0.25) is 0 Å². The molecule has 0 aliphatic carbocycles. The third kappa shape index (κ3) is 17.3. The molecule has 0 aliphatic rings. The summed E-state index contributed by atoms with van der Waals surface area (Å²) in [6, 6.07) is 27.6. The summed E-state index contributed by atoms with van der Waals surface area (Å²) in [5.74, 6) is -0.00849. The molecule has 6 aromatic carbocycles. The first-order valence-electron chi connectivity index (χ1n) is 36.4. The molecule has 0 fully saturated rings. The van der Waals surface area contributed by atoms with Crippen LogP contribution in [0.5, 0.6) is 0 Å². The van der Waals surface area contributed by atoms with Gasteiger partial charge in [0.05, 0.1) is 6.20 Å². The Morgan fingerprint density at radius 3 is 0.604 bits per heavy atom. The molecule has 101 heavy (non-hydrogen) atoms. The molecule has 10 nitrogen and oxygen atoms in total. The maximum atomic E-state index is 7.45. The van der Waals surface area contributed by atoms with Crippen LogP contribution in [0.25, 0.3) is 65.8 Å². The lowest BCUT2D eigenvalue weighted by Gasteiger charge is -2.27. The molecule has 9 aromatic rings. The topological polar surface area (TPSA) is 119 Å². The van der Waals surface area contributed by atoms with Crippen molar-refractivity contribution < 1.29 is 38.8 Å². The highest BCUT2D eigenvalue weighted by atomic mass is 31.1. The second-order valence-corrected chi connectivity index (χ2v) is 43.9. The fourth-order valence-electron chi connectivity index (χ4n) is 12.6. The Balaban J connectivity index is 1.38. The molecule has 0 spiro atoms. The highest BCUT2D eigenvalue weighted by Gasteiger charge is 2.35. The largest absolute Gasteiger partial charge is 0.455 e. The number of fused-ring (bicyclic) bond motifs is 9. The van der Waals surface area contributed by atoms with Gasteiger partial charge in [-0.25, -0.2) is 0 Å². The zero-order valence-electron chi connectivity index (χ0n) is 68.7. The number of hydrogen-bond acceptors (Lipinski definition) is 10. The third-order valence-electron chi connectivity index (χ3n) is 19.3. The molecule has 9 rings (SSSR count). The van der Waals surface area contributed by atoms with Crippen LogP contribution in [0.1, 0.15) is 316 Å². The Bertz CT molecular complexity index is 4380. The average molecular weight is 1430 g/mol. The van der Waals surface area contributed by atoms with E-state index in [-0.39, 0.29) is 70.9 Å². The van der Waals surface area contributed by atoms with E-state index in [9.17, 15) is 0 Å². The van der Waals surface area contributed by atoms with Crippen LogP contribution in [0.2, 0.25) is 0 Å². The molecule has 3 aromatic heterocycles. The molecule has 0 bridgehead atoms. The zero-order valence-corrected chi connectivity index (χ0v) is 71.4. The zero-order chi connectivity index (χ0) is 75.8. The van der Waals surface area contributed by atoms with E-state index in [4.69, 9.17) is 38.8 Å². The number of rotatable bonds is 8. The fourth-order valence-corrected chi connectivity index (χ4v) is 15.7. The number of nitrogens with one attached hydrogen (secondary N) is 1. The summed E-state index contributed by atoms with van der Waals surface area (Å²) in [5.41, 5.74) is 14.4. The molecule has 550 valence electrons. The molecule has 13 heteroatoms. The van der Waals surface area contributed by atoms with Gasteiger partial charge in [-0.1, -0.05) is 286 Å². The lowest BCUT2D eigenvalue weighted by Crippen LogP contribution is -2.17. The minimum Gasteiger partial charge on any atom is -0.397 e. The van der Waals surface area contributed by atoms with E-state index in [1.807, 2.05) is 0 Å². The first-order chi connectivity index (χ1) is 45.6. The second kappa shape index (κ2) is 26.4. The number of hydrogen-bond donors (Lipinski definition) is 1. The standard InChI is InChI=1S/C88H124NO9P3/c1-77(2,3)52-39-58-59-40-53(78(4,5)6)46-65(84(22,23)24)72(59)94-99(93-71(58)64(45-52)83(19,20)21)90-38-37-89-51-70(91-100-95-73-60(41-54(79(7,8)9)47-66(73)85(25,26)27)61-42-55(80(10,11)12)48-67(74(61)96-100)86(28,29)30)92-101-97-75-62(43-56(81(13,14)15)49-68(75)87(31,32)33)63-44-57(82(16,17)18)50-69(76(63)98-101)88(34,35)36/h37-51,89H,1-36H3. The highest BCUT2D eigenvalue weighted by molar-refractivity contribution is 7.33. The molecule has 0 amide bonds. The Hall–Kier alpha value is -6.30. The minimum absolute atomic E-state index is 0.00849. The van der Waals surface area contributed by atoms with Crippen LogP contribution in [-0.2, 0) is 65.0 Å². The van der Waals surface area contributed by atoms with E-state index < -0.39 is 24.7 Å².